The first-order valence-electron chi connectivity index (χ1n) is 26.5. The lowest BCUT2D eigenvalue weighted by atomic mass is 9.96. The van der Waals surface area contributed by atoms with E-state index < -0.39 is 36.0 Å². The van der Waals surface area contributed by atoms with Gasteiger partial charge in [0.2, 0.25) is 15.3 Å². The molecule has 0 spiro atoms. The number of benzene rings is 10. The van der Waals surface area contributed by atoms with Crippen molar-refractivity contribution in [3.63, 3.8) is 0 Å². The molecule has 92 heavy (non-hydrogen) atoms. The van der Waals surface area contributed by atoms with Crippen LogP contribution in [0.25, 0.3) is 10.9 Å². The number of ketones is 1. The number of aromatic nitrogens is 1. The monoisotopic (exact) mass is 1340 g/mol. The van der Waals surface area contributed by atoms with Gasteiger partial charge in [-0.1, -0.05) is 109 Å². The van der Waals surface area contributed by atoms with Crippen molar-refractivity contribution in [1.29, 1.82) is 0 Å². The Morgan fingerprint density at radius 2 is 1.00 bits per heavy atom. The Morgan fingerprint density at radius 1 is 0.576 bits per heavy atom. The number of carbonyl (C=O) groups is 2. The van der Waals surface area contributed by atoms with Gasteiger partial charge in [0, 0.05) is 60.4 Å². The lowest BCUT2D eigenvalue weighted by Gasteiger charge is -2.18. The summed E-state index contributed by atoms with van der Waals surface area (Å²) in [5.41, 5.74) is 14.5. The maximum absolute atomic E-state index is 13.5. The molecular weight excluding hydrogens is 1290 g/mol. The van der Waals surface area contributed by atoms with Gasteiger partial charge in [0.05, 0.1) is 49.8 Å². The van der Waals surface area contributed by atoms with Gasteiger partial charge >= 0.3 is 11.4 Å². The Balaban J connectivity index is 0.000000185. The molecule has 4 N–H and O–H groups in total. The van der Waals surface area contributed by atoms with E-state index in [1.54, 1.807) is 115 Å². The van der Waals surface area contributed by atoms with Crippen LogP contribution in [0, 0.1) is 30.2 Å². The minimum absolute atomic E-state index is 0.0666. The second-order valence-electron chi connectivity index (χ2n) is 18.5. The number of H-pyrrole nitrogens is 1. The number of nitrogens with one attached hydrogen (secondary N) is 1. The first kappa shape index (κ1) is 70.7. The highest BCUT2D eigenvalue weighted by molar-refractivity contribution is 8.26. The summed E-state index contributed by atoms with van der Waals surface area (Å²) in [6, 6.07) is 67.2. The molecule has 0 aliphatic carbocycles. The fourth-order valence-corrected chi connectivity index (χ4v) is 8.62. The van der Waals surface area contributed by atoms with Crippen molar-refractivity contribution in [3.8, 4) is 0 Å². The van der Waals surface area contributed by atoms with Crippen LogP contribution in [0.5, 0.6) is 0 Å². The molecule has 0 saturated carbocycles. The Kier molecular flexibility index (Phi) is 27.0. The number of para-hydroxylation sites is 5. The summed E-state index contributed by atoms with van der Waals surface area (Å²) in [4.78, 5) is 69.9. The quantitative estimate of drug-likeness (QED) is 0.0257. The summed E-state index contributed by atoms with van der Waals surface area (Å²) >= 11 is 5.22. The van der Waals surface area contributed by atoms with E-state index in [1.165, 1.54) is 91.0 Å². The third kappa shape index (κ3) is 22.0. The van der Waals surface area contributed by atoms with Gasteiger partial charge < -0.3 is 10.2 Å². The molecule has 2 heterocycles. The molecule has 0 fully saturated rings. The minimum Gasteiger partial charge on any atom is -0.398 e. The number of nitrogens with two attached hydrogens (primary N) is 1. The minimum atomic E-state index is -4.02. The zero-order valence-electron chi connectivity index (χ0n) is 47.7. The predicted octanol–water partition coefficient (Wildman–Crippen LogP) is 15.9. The Morgan fingerprint density at radius 3 is 1.47 bits per heavy atom. The van der Waals surface area contributed by atoms with Crippen LogP contribution in [0.1, 0.15) is 54.1 Å². The fourth-order valence-electron chi connectivity index (χ4n) is 7.98. The first-order chi connectivity index (χ1) is 44.0. The Bertz CT molecular complexity index is 4590. The second kappa shape index (κ2) is 35.1. The van der Waals surface area contributed by atoms with Gasteiger partial charge in [0.1, 0.15) is 23.3 Å². The molecule has 0 amide bonds. The number of nitrogen functional groups attached to an aromatic ring is 1. The number of halogens is 7. The number of nitrogens with zero attached hydrogens (tertiary/aromatic N) is 3. The van der Waals surface area contributed by atoms with E-state index in [9.17, 15) is 50.0 Å². The van der Waals surface area contributed by atoms with Crippen molar-refractivity contribution in [2.45, 2.75) is 11.8 Å². The smallest absolute Gasteiger partial charge is 0.398 e. The molecule has 15 nitrogen and oxygen atoms in total. The lowest BCUT2D eigenvalue weighted by Crippen LogP contribution is -2.13. The zero-order chi connectivity index (χ0) is 66.7. The molecule has 0 atom stereocenters. The van der Waals surface area contributed by atoms with Gasteiger partial charge in [-0.15, -0.1) is 0 Å². The normalized spacial score (nSPS) is 10.8. The van der Waals surface area contributed by atoms with Crippen molar-refractivity contribution in [1.82, 2.24) is 4.98 Å². The number of isocyanates is 1. The molecule has 0 unspecified atom stereocenters. The Labute approximate surface area is 539 Å². The highest BCUT2D eigenvalue weighted by Crippen LogP contribution is 2.33. The number of anilines is 1. The van der Waals surface area contributed by atoms with Gasteiger partial charge in [0.15, 0.2) is 5.78 Å². The number of hydrogen-bond acceptors (Lipinski definition) is 13. The highest BCUT2D eigenvalue weighted by Gasteiger charge is 2.20. The van der Waals surface area contributed by atoms with Crippen LogP contribution >= 0.6 is 33.0 Å². The van der Waals surface area contributed by atoms with Crippen LogP contribution in [-0.4, -0.2) is 50.7 Å². The highest BCUT2D eigenvalue weighted by atomic mass is 36.0. The molecule has 466 valence electrons. The molecule has 0 bridgehead atoms. The van der Waals surface area contributed by atoms with Gasteiger partial charge in [0.25, 0.3) is 15.4 Å². The van der Waals surface area contributed by atoms with Gasteiger partial charge in [-0.05, 0) is 164 Å². The molecule has 24 heteroatoms. The second-order valence-corrected chi connectivity index (χ2v) is 22.8. The number of aliphatic imine (C=N–C) groups is 3. The van der Waals surface area contributed by atoms with Crippen LogP contribution in [0.2, 0.25) is 0 Å². The number of hydrogen-bond donors (Lipinski definition) is 3. The van der Waals surface area contributed by atoms with Gasteiger partial charge in [-0.2, -0.15) is 13.4 Å². The van der Waals surface area contributed by atoms with Crippen molar-refractivity contribution in [2.24, 2.45) is 15.0 Å². The molecule has 0 saturated heterocycles. The summed E-state index contributed by atoms with van der Waals surface area (Å²) in [7, 11) is 3.34. The topological polar surface area (TPSA) is 249 Å². The van der Waals surface area contributed by atoms with Crippen molar-refractivity contribution >= 4 is 114 Å². The molecule has 1 aliphatic rings. The van der Waals surface area contributed by atoms with E-state index in [1.807, 2.05) is 55.5 Å². The SMILES string of the molecule is Cc1ccc(S(=O)(=O)O)cc1.Fc1ccc(C2=Nc3ccccc3C(c3ccc(F)cc3)=Nc3ccccc32)cc1.Fc1ccccc1.Nc1ccccc1C(=O)c1ccc(F)cc1.O=C=Nc1ccccc1C(=O)Cl.O=S(Cl)Cl.O=c1[nH]c2ccccc2c(=O)o1. The third-order valence-corrected chi connectivity index (χ3v) is 13.3. The maximum Gasteiger partial charge on any atom is 0.419 e. The standard InChI is InChI=1S/C26H16F2N2.C13H10FNO.C8H4ClNO2.C8H5NO3.C7H8O3S.C6H5F.Cl2OS/c27-19-13-9-17(10-14-19)25-21-5-1-3-7-23(21)29-26(18-11-15-20(28)16-12-18)22-6-2-4-8-24(22)30-25;14-10-7-5-9(6-8-10)13(16)11-3-1-2-4-12(11)15;9-8(12)6-3-1-2-4-7(6)10-5-11;10-7-5-3-1-2-4-6(5)9-8(11)12-7;1-6-2-4-7(5-3-6)11(8,9)10;7-6-4-2-1-3-5-6;1-4(2)3/h1-16H;1-8H,15H2;1-4H;1-4H,(H,9,11);2-5H,1H3,(H,8,9,10);1-5H;. The number of aromatic amines is 1. The predicted molar refractivity (Wildman–Crippen MR) is 352 cm³/mol. The average Bonchev–Trinajstić information content (AvgIpc) is 0.805. The summed E-state index contributed by atoms with van der Waals surface area (Å²) in [6.45, 7) is 1.84. The van der Waals surface area contributed by atoms with Gasteiger partial charge in [-0.25, -0.2) is 46.1 Å². The molecule has 12 rings (SSSR count). The lowest BCUT2D eigenvalue weighted by molar-refractivity contribution is 0.103. The zero-order valence-corrected chi connectivity index (χ0v) is 51.6. The van der Waals surface area contributed by atoms with Crippen molar-refractivity contribution < 1.29 is 53.5 Å². The summed E-state index contributed by atoms with van der Waals surface area (Å²) < 4.78 is 94.6. The number of fused-ring (bicyclic) bond motifs is 3. The molecule has 10 aromatic carbocycles. The van der Waals surface area contributed by atoms with Crippen LogP contribution in [-0.2, 0) is 24.1 Å². The van der Waals surface area contributed by atoms with E-state index in [2.05, 4.69) is 35.8 Å². The van der Waals surface area contributed by atoms with Crippen LogP contribution < -0.4 is 17.1 Å². The third-order valence-electron chi connectivity index (χ3n) is 12.2. The molecule has 1 aromatic heterocycles. The van der Waals surface area contributed by atoms with E-state index in [-0.39, 0.29) is 45.2 Å². The molecular formula is C68H48Cl3F4N5O10S2. The maximum atomic E-state index is 13.5. The Hall–Kier alpha value is -10.4. The van der Waals surface area contributed by atoms with Crippen LogP contribution in [0.3, 0.4) is 0 Å². The van der Waals surface area contributed by atoms with Crippen molar-refractivity contribution in [2.75, 3.05) is 5.73 Å². The average molecular weight is 1340 g/mol. The molecule has 0 radical (unpaired) electrons. The fraction of sp³-hybridized carbons (Fsp3) is 0.0147. The first-order valence-corrected chi connectivity index (χ1v) is 31.2. The van der Waals surface area contributed by atoms with Crippen LogP contribution in [0.4, 0.5) is 40.3 Å². The van der Waals surface area contributed by atoms with Gasteiger partial charge in [-0.3, -0.25) is 19.1 Å². The molecule has 1 aliphatic heterocycles. The number of aryl methyl sites for hydroxylation is 1. The largest absolute Gasteiger partial charge is 0.419 e. The number of rotatable bonds is 7. The van der Waals surface area contributed by atoms with E-state index >= 15 is 0 Å². The summed E-state index contributed by atoms with van der Waals surface area (Å²) in [5.74, 6) is -2.05. The van der Waals surface area contributed by atoms with Crippen LogP contribution in [0.15, 0.2) is 283 Å². The summed E-state index contributed by atoms with van der Waals surface area (Å²) in [5, 5.41) is -0.248. The van der Waals surface area contributed by atoms with Crippen molar-refractivity contribution in [3.05, 3.63) is 337 Å². The van der Waals surface area contributed by atoms with E-state index in [4.69, 9.17) is 36.1 Å². The summed E-state index contributed by atoms with van der Waals surface area (Å²) in [6.07, 6.45) is 1.34. The van der Waals surface area contributed by atoms with E-state index in [0.717, 1.165) is 50.6 Å². The number of carbonyl (C=O) groups excluding carboxylic acids is 3. The van der Waals surface area contributed by atoms with E-state index in [0.29, 0.717) is 27.7 Å². The molecule has 11 aromatic rings.